The maximum Gasteiger partial charge on any atom is 0.104 e. The Labute approximate surface area is 302 Å². The quantitative estimate of drug-likeness (QED) is 0.0369. The van der Waals surface area contributed by atoms with Gasteiger partial charge in [0.1, 0.15) is 6.54 Å². The van der Waals surface area contributed by atoms with Gasteiger partial charge in [0.15, 0.2) is 0 Å². The molecule has 0 saturated heterocycles. The minimum absolute atomic E-state index is 0. The number of rotatable bonds is 35. The Balaban J connectivity index is 0.0000194. The van der Waals surface area contributed by atoms with Crippen molar-refractivity contribution in [2.45, 2.75) is 220 Å². The van der Waals surface area contributed by atoms with E-state index in [4.69, 9.17) is 0 Å². The number of nitrogens with zero attached hydrogens (tertiary/aromatic N) is 1. The van der Waals surface area contributed by atoms with Gasteiger partial charge in [0, 0.05) is 5.56 Å². The van der Waals surface area contributed by atoms with Crippen LogP contribution in [0.5, 0.6) is 0 Å². The van der Waals surface area contributed by atoms with Crippen LogP contribution in [0, 0.1) is 0 Å². The topological polar surface area (TPSA) is 0 Å². The molecule has 0 saturated carbocycles. The number of benzene rings is 1. The zero-order chi connectivity index (χ0) is 31.7. The van der Waals surface area contributed by atoms with Crippen molar-refractivity contribution >= 4 is 0 Å². The Bertz CT molecular complexity index is 614. The first kappa shape index (κ1) is 44.9. The molecule has 1 rings (SSSR count). The van der Waals surface area contributed by atoms with Gasteiger partial charge in [-0.2, -0.15) is 0 Å². The van der Waals surface area contributed by atoms with E-state index in [1.165, 1.54) is 223 Å². The zero-order valence-electron chi connectivity index (χ0n) is 31.3. The summed E-state index contributed by atoms with van der Waals surface area (Å²) in [5.41, 5.74) is 1.57. The number of hydrogen-bond donors (Lipinski definition) is 0. The van der Waals surface area contributed by atoms with E-state index in [0.717, 1.165) is 0 Å². The SMILES string of the molecule is CCCCCCCCCCCC[N+](CCCCCCCCCCCC)(CCCCCCCCCCCC)Cc1ccccc1.[I-]. The standard InChI is InChI=1S/C43H82N.HI/c1-4-7-10-13-16-19-22-25-28-34-39-44(42-43-37-32-31-33-38-43,40-35-29-26-23-20-17-14-11-8-5-2)41-36-30-27-24-21-18-15-12-9-6-3;/h31-33,37-38H,4-30,34-36,39-42H2,1-3H3;1H/q+1;/p-1. The van der Waals surface area contributed by atoms with Crippen LogP contribution < -0.4 is 24.0 Å². The van der Waals surface area contributed by atoms with E-state index in [1.807, 2.05) is 0 Å². The van der Waals surface area contributed by atoms with Crippen molar-refractivity contribution in [2.75, 3.05) is 19.6 Å². The van der Waals surface area contributed by atoms with Crippen molar-refractivity contribution in [2.24, 2.45) is 0 Å². The fraction of sp³-hybridized carbons (Fsp3) is 0.860. The predicted molar refractivity (Wildman–Crippen MR) is 201 cm³/mol. The van der Waals surface area contributed by atoms with Crippen LogP contribution in [0.1, 0.15) is 219 Å². The monoisotopic (exact) mass is 740 g/mol. The third kappa shape index (κ3) is 28.6. The van der Waals surface area contributed by atoms with E-state index in [0.29, 0.717) is 0 Å². The Morgan fingerprint density at radius 2 is 0.578 bits per heavy atom. The van der Waals surface area contributed by atoms with Crippen LogP contribution in [-0.4, -0.2) is 24.1 Å². The van der Waals surface area contributed by atoms with E-state index in [2.05, 4.69) is 51.1 Å². The third-order valence-corrected chi connectivity index (χ3v) is 10.3. The highest BCUT2D eigenvalue weighted by molar-refractivity contribution is 5.13. The molecule has 266 valence electrons. The molecule has 0 N–H and O–H groups in total. The lowest BCUT2D eigenvalue weighted by molar-refractivity contribution is -0.941. The van der Waals surface area contributed by atoms with E-state index < -0.39 is 0 Å². The molecule has 45 heavy (non-hydrogen) atoms. The summed E-state index contributed by atoms with van der Waals surface area (Å²) in [6.45, 7) is 12.4. The lowest BCUT2D eigenvalue weighted by Crippen LogP contribution is -3.00. The van der Waals surface area contributed by atoms with Gasteiger partial charge in [-0.25, -0.2) is 0 Å². The second-order valence-corrected chi connectivity index (χ2v) is 14.7. The molecule has 0 aliphatic heterocycles. The van der Waals surface area contributed by atoms with Gasteiger partial charge in [0.2, 0.25) is 0 Å². The molecule has 0 atom stereocenters. The normalized spacial score (nSPS) is 11.6. The number of hydrogen-bond acceptors (Lipinski definition) is 0. The molecule has 0 heterocycles. The van der Waals surface area contributed by atoms with Crippen LogP contribution in [0.25, 0.3) is 0 Å². The Morgan fingerprint density at radius 3 is 0.844 bits per heavy atom. The Kier molecular flexibility index (Phi) is 35.2. The summed E-state index contributed by atoms with van der Waals surface area (Å²) < 4.78 is 1.36. The maximum absolute atomic E-state index is 2.41. The van der Waals surface area contributed by atoms with Gasteiger partial charge in [-0.05, 0) is 38.5 Å². The molecule has 0 spiro atoms. The Hall–Kier alpha value is -0.0900. The van der Waals surface area contributed by atoms with Crippen LogP contribution in [0.15, 0.2) is 30.3 Å². The highest BCUT2D eigenvalue weighted by Gasteiger charge is 2.26. The van der Waals surface area contributed by atoms with Crippen LogP contribution in [0.4, 0.5) is 0 Å². The second-order valence-electron chi connectivity index (χ2n) is 14.7. The van der Waals surface area contributed by atoms with Crippen LogP contribution in [0.2, 0.25) is 0 Å². The molecular formula is C43H82IN. The molecular weight excluding hydrogens is 657 g/mol. The molecule has 1 nitrogen and oxygen atoms in total. The fourth-order valence-corrected chi connectivity index (χ4v) is 7.35. The van der Waals surface area contributed by atoms with E-state index in [9.17, 15) is 0 Å². The first-order valence-electron chi connectivity index (χ1n) is 20.7. The molecule has 0 radical (unpaired) electrons. The van der Waals surface area contributed by atoms with Crippen molar-refractivity contribution in [1.82, 2.24) is 0 Å². The molecule has 2 heteroatoms. The summed E-state index contributed by atoms with van der Waals surface area (Å²) in [7, 11) is 0. The van der Waals surface area contributed by atoms with Crippen molar-refractivity contribution in [3.05, 3.63) is 35.9 Å². The van der Waals surface area contributed by atoms with Gasteiger partial charge < -0.3 is 28.5 Å². The summed E-state index contributed by atoms with van der Waals surface area (Å²) >= 11 is 0. The van der Waals surface area contributed by atoms with Crippen LogP contribution in [-0.2, 0) is 6.54 Å². The predicted octanol–water partition coefficient (Wildman–Crippen LogP) is 11.8. The van der Waals surface area contributed by atoms with E-state index in [1.54, 1.807) is 5.56 Å². The molecule has 0 fully saturated rings. The highest BCUT2D eigenvalue weighted by atomic mass is 127. The summed E-state index contributed by atoms with van der Waals surface area (Å²) in [5, 5.41) is 0. The summed E-state index contributed by atoms with van der Waals surface area (Å²) in [6.07, 6.45) is 43.3. The van der Waals surface area contributed by atoms with Gasteiger partial charge in [0.05, 0.1) is 19.6 Å². The largest absolute Gasteiger partial charge is 1.00 e. The molecule has 0 bridgehead atoms. The van der Waals surface area contributed by atoms with Crippen molar-refractivity contribution in [3.63, 3.8) is 0 Å². The highest BCUT2D eigenvalue weighted by Crippen LogP contribution is 2.23. The molecule has 1 aromatic rings. The first-order chi connectivity index (χ1) is 21.8. The lowest BCUT2D eigenvalue weighted by Gasteiger charge is -2.39. The fourth-order valence-electron chi connectivity index (χ4n) is 7.35. The molecule has 0 aliphatic carbocycles. The van der Waals surface area contributed by atoms with Crippen LogP contribution in [0.3, 0.4) is 0 Å². The summed E-state index contributed by atoms with van der Waals surface area (Å²) in [5.74, 6) is 0. The Morgan fingerprint density at radius 1 is 0.333 bits per heavy atom. The molecule has 0 amide bonds. The molecule has 0 aromatic heterocycles. The van der Waals surface area contributed by atoms with Gasteiger partial charge in [-0.15, -0.1) is 0 Å². The number of halogens is 1. The number of quaternary nitrogens is 1. The molecule has 1 aromatic carbocycles. The molecule has 0 aliphatic rings. The lowest BCUT2D eigenvalue weighted by atomic mass is 10.0. The summed E-state index contributed by atoms with van der Waals surface area (Å²) in [4.78, 5) is 0. The van der Waals surface area contributed by atoms with Gasteiger partial charge >= 0.3 is 0 Å². The second kappa shape index (κ2) is 35.2. The van der Waals surface area contributed by atoms with E-state index >= 15 is 0 Å². The number of unbranched alkanes of at least 4 members (excludes halogenated alkanes) is 27. The van der Waals surface area contributed by atoms with Gasteiger partial charge in [0.25, 0.3) is 0 Å². The first-order valence-corrected chi connectivity index (χ1v) is 20.7. The van der Waals surface area contributed by atoms with Crippen molar-refractivity contribution in [3.8, 4) is 0 Å². The zero-order valence-corrected chi connectivity index (χ0v) is 33.4. The third-order valence-electron chi connectivity index (χ3n) is 10.3. The van der Waals surface area contributed by atoms with Crippen molar-refractivity contribution < 1.29 is 28.5 Å². The average Bonchev–Trinajstić information content (AvgIpc) is 3.04. The minimum atomic E-state index is 0. The van der Waals surface area contributed by atoms with Gasteiger partial charge in [-0.3, -0.25) is 0 Å². The summed E-state index contributed by atoms with van der Waals surface area (Å²) in [6, 6.07) is 11.5. The smallest absolute Gasteiger partial charge is 0.104 e. The van der Waals surface area contributed by atoms with Crippen LogP contribution >= 0.6 is 0 Å². The van der Waals surface area contributed by atoms with Crippen molar-refractivity contribution in [1.29, 1.82) is 0 Å². The van der Waals surface area contributed by atoms with Gasteiger partial charge in [-0.1, -0.05) is 205 Å². The minimum Gasteiger partial charge on any atom is -1.00 e. The molecule has 0 unspecified atom stereocenters. The maximum atomic E-state index is 2.41. The average molecular weight is 740 g/mol. The van der Waals surface area contributed by atoms with E-state index in [-0.39, 0.29) is 24.0 Å².